The quantitative estimate of drug-likeness (QED) is 0.577. The molecule has 31 heavy (non-hydrogen) atoms. The van der Waals surface area contributed by atoms with Gasteiger partial charge in [0.1, 0.15) is 0 Å². The zero-order valence-corrected chi connectivity index (χ0v) is 17.7. The van der Waals surface area contributed by atoms with Gasteiger partial charge in [0.25, 0.3) is 5.91 Å². The number of alkyl halides is 3. The summed E-state index contributed by atoms with van der Waals surface area (Å²) in [7, 11) is -3.83. The summed E-state index contributed by atoms with van der Waals surface area (Å²) >= 11 is 0. The van der Waals surface area contributed by atoms with E-state index in [1.165, 1.54) is 22.5 Å². The van der Waals surface area contributed by atoms with Crippen LogP contribution in [0.2, 0.25) is 0 Å². The van der Waals surface area contributed by atoms with Crippen molar-refractivity contribution in [1.29, 1.82) is 0 Å². The van der Waals surface area contributed by atoms with Crippen LogP contribution in [0.3, 0.4) is 0 Å². The Morgan fingerprint density at radius 2 is 1.87 bits per heavy atom. The Labute approximate surface area is 177 Å². The van der Waals surface area contributed by atoms with Crippen LogP contribution < -0.4 is 5.32 Å². The minimum atomic E-state index is -5.04. The van der Waals surface area contributed by atoms with Crippen molar-refractivity contribution in [2.24, 2.45) is 0 Å². The van der Waals surface area contributed by atoms with E-state index in [4.69, 9.17) is 4.74 Å². The van der Waals surface area contributed by atoms with Gasteiger partial charge < -0.3 is 19.9 Å². The predicted molar refractivity (Wildman–Crippen MR) is 102 cm³/mol. The van der Waals surface area contributed by atoms with Crippen LogP contribution in [0.25, 0.3) is 0 Å². The molecular formula is C18H23F3N2O7S. The molecule has 13 heteroatoms. The summed E-state index contributed by atoms with van der Waals surface area (Å²) in [6, 6.07) is 4.16. The van der Waals surface area contributed by atoms with Crippen molar-refractivity contribution in [2.45, 2.75) is 36.9 Å². The molecule has 9 nitrogen and oxygen atoms in total. The number of benzene rings is 1. The van der Waals surface area contributed by atoms with Crippen LogP contribution in [-0.2, 0) is 29.1 Å². The van der Waals surface area contributed by atoms with Crippen molar-refractivity contribution < 1.29 is 45.8 Å². The molecule has 2 rings (SSSR count). The second-order valence-electron chi connectivity index (χ2n) is 7.15. The molecule has 1 saturated heterocycles. The first-order valence-corrected chi connectivity index (χ1v) is 10.6. The standard InChI is InChI=1S/C18H23F3N2O7S/c1-12-3-4-13(9-14(12)31(27,28)23-5-7-29-8-6-23)22-15(24)11-30-16(25)10-17(2,26)18(19,20)21/h3-4,9,26H,5-8,10-11H2,1-2H3,(H,22,24)/t17-/m0/s1. The molecule has 1 amide bonds. The molecule has 1 atom stereocenters. The fourth-order valence-corrected chi connectivity index (χ4v) is 4.32. The fourth-order valence-electron chi connectivity index (χ4n) is 2.66. The Morgan fingerprint density at radius 1 is 1.26 bits per heavy atom. The maximum absolute atomic E-state index is 12.8. The highest BCUT2D eigenvalue weighted by atomic mass is 32.2. The van der Waals surface area contributed by atoms with Gasteiger partial charge in [-0.15, -0.1) is 0 Å². The number of sulfonamides is 1. The Hall–Kier alpha value is -2.22. The molecule has 0 bridgehead atoms. The van der Waals surface area contributed by atoms with Crippen LogP contribution in [0.1, 0.15) is 18.9 Å². The first-order chi connectivity index (χ1) is 14.2. The Morgan fingerprint density at radius 3 is 2.45 bits per heavy atom. The number of anilines is 1. The third kappa shape index (κ3) is 6.38. The Bertz CT molecular complexity index is 927. The van der Waals surface area contributed by atoms with Crippen LogP contribution in [0.4, 0.5) is 18.9 Å². The van der Waals surface area contributed by atoms with Gasteiger partial charge in [0.2, 0.25) is 10.0 Å². The normalized spacial score (nSPS) is 17.6. The molecule has 0 spiro atoms. The third-order valence-corrected chi connectivity index (χ3v) is 6.56. The van der Waals surface area contributed by atoms with Gasteiger partial charge >= 0.3 is 12.1 Å². The largest absolute Gasteiger partial charge is 0.455 e. The smallest absolute Gasteiger partial charge is 0.417 e. The van der Waals surface area contributed by atoms with E-state index >= 15 is 0 Å². The lowest BCUT2D eigenvalue weighted by molar-refractivity contribution is -0.255. The van der Waals surface area contributed by atoms with Crippen molar-refractivity contribution in [3.05, 3.63) is 23.8 Å². The number of hydrogen-bond acceptors (Lipinski definition) is 7. The number of carbonyl (C=O) groups is 2. The number of morpholine rings is 1. The van der Waals surface area contributed by atoms with E-state index in [0.717, 1.165) is 0 Å². The number of carbonyl (C=O) groups excluding carboxylic acids is 2. The second-order valence-corrected chi connectivity index (χ2v) is 9.06. The van der Waals surface area contributed by atoms with Gasteiger partial charge in [-0.25, -0.2) is 8.42 Å². The number of rotatable bonds is 7. The van der Waals surface area contributed by atoms with Crippen LogP contribution in [-0.4, -0.2) is 74.4 Å². The highest BCUT2D eigenvalue weighted by molar-refractivity contribution is 7.89. The van der Waals surface area contributed by atoms with Gasteiger partial charge in [0.15, 0.2) is 12.2 Å². The molecule has 1 heterocycles. The first kappa shape index (κ1) is 25.0. The van der Waals surface area contributed by atoms with E-state index in [1.54, 1.807) is 6.92 Å². The molecule has 1 aromatic carbocycles. The number of ether oxygens (including phenoxy) is 2. The number of nitrogens with one attached hydrogen (secondary N) is 1. The van der Waals surface area contributed by atoms with Gasteiger partial charge in [-0.3, -0.25) is 9.59 Å². The summed E-state index contributed by atoms with van der Waals surface area (Å²) in [5, 5.41) is 11.6. The van der Waals surface area contributed by atoms with Crippen LogP contribution in [0.5, 0.6) is 0 Å². The van der Waals surface area contributed by atoms with Crippen molar-refractivity contribution in [3.8, 4) is 0 Å². The number of amides is 1. The zero-order chi connectivity index (χ0) is 23.4. The van der Waals surface area contributed by atoms with Crippen molar-refractivity contribution >= 4 is 27.6 Å². The molecule has 1 aromatic rings. The molecule has 0 aromatic heterocycles. The second kappa shape index (κ2) is 9.51. The summed E-state index contributed by atoms with van der Waals surface area (Å²) in [5.41, 5.74) is -2.74. The van der Waals surface area contributed by atoms with Gasteiger partial charge in [0, 0.05) is 18.8 Å². The maximum Gasteiger partial charge on any atom is 0.417 e. The zero-order valence-electron chi connectivity index (χ0n) is 16.9. The van der Waals surface area contributed by atoms with Crippen LogP contribution in [0.15, 0.2) is 23.1 Å². The minimum Gasteiger partial charge on any atom is -0.455 e. The topological polar surface area (TPSA) is 122 Å². The lowest BCUT2D eigenvalue weighted by Gasteiger charge is -2.26. The first-order valence-electron chi connectivity index (χ1n) is 9.17. The maximum atomic E-state index is 12.8. The number of esters is 1. The summed E-state index contributed by atoms with van der Waals surface area (Å²) < 4.78 is 74.3. The average Bonchev–Trinajstić information content (AvgIpc) is 2.67. The molecule has 1 aliphatic rings. The lowest BCUT2D eigenvalue weighted by atomic mass is 10.0. The molecule has 1 aliphatic heterocycles. The van der Waals surface area contributed by atoms with E-state index in [2.05, 4.69) is 10.1 Å². The number of aliphatic hydroxyl groups is 1. The highest BCUT2D eigenvalue weighted by Crippen LogP contribution is 2.32. The minimum absolute atomic E-state index is 0.0228. The molecule has 0 radical (unpaired) electrons. The van der Waals surface area contributed by atoms with E-state index in [0.29, 0.717) is 12.5 Å². The molecule has 0 aliphatic carbocycles. The molecule has 1 fully saturated rings. The van der Waals surface area contributed by atoms with Gasteiger partial charge in [0.05, 0.1) is 24.5 Å². The van der Waals surface area contributed by atoms with E-state index < -0.39 is 46.7 Å². The summed E-state index contributed by atoms with van der Waals surface area (Å²) in [6.45, 7) is 2.01. The van der Waals surface area contributed by atoms with Crippen molar-refractivity contribution in [1.82, 2.24) is 4.31 Å². The molecule has 174 valence electrons. The van der Waals surface area contributed by atoms with Crippen molar-refractivity contribution in [2.75, 3.05) is 38.2 Å². The average molecular weight is 468 g/mol. The van der Waals surface area contributed by atoms with Crippen LogP contribution in [0, 0.1) is 6.92 Å². The SMILES string of the molecule is Cc1ccc(NC(=O)COC(=O)C[C@](C)(O)C(F)(F)F)cc1S(=O)(=O)N1CCOCC1. The predicted octanol–water partition coefficient (Wildman–Crippen LogP) is 1.20. The van der Waals surface area contributed by atoms with Gasteiger partial charge in [-0.1, -0.05) is 6.07 Å². The number of nitrogens with zero attached hydrogens (tertiary/aromatic N) is 1. The van der Waals surface area contributed by atoms with Crippen molar-refractivity contribution in [3.63, 3.8) is 0 Å². The lowest BCUT2D eigenvalue weighted by Crippen LogP contribution is -2.44. The number of hydrogen-bond donors (Lipinski definition) is 2. The molecule has 2 N–H and O–H groups in total. The van der Waals surface area contributed by atoms with E-state index in [1.807, 2.05) is 0 Å². The molecule has 0 saturated carbocycles. The monoisotopic (exact) mass is 468 g/mol. The van der Waals surface area contributed by atoms with Gasteiger partial charge in [-0.05, 0) is 31.5 Å². The molecular weight excluding hydrogens is 445 g/mol. The van der Waals surface area contributed by atoms with E-state index in [9.17, 15) is 36.3 Å². The van der Waals surface area contributed by atoms with Crippen LogP contribution >= 0.6 is 0 Å². The van der Waals surface area contributed by atoms with E-state index in [-0.39, 0.29) is 36.9 Å². The molecule has 0 unspecified atom stereocenters. The summed E-state index contributed by atoms with van der Waals surface area (Å²) in [6.07, 6.45) is -6.42. The Kier molecular flexibility index (Phi) is 7.68. The number of aryl methyl sites for hydroxylation is 1. The number of halogens is 3. The Balaban J connectivity index is 2.01. The fraction of sp³-hybridized carbons (Fsp3) is 0.556. The van der Waals surface area contributed by atoms with Gasteiger partial charge in [-0.2, -0.15) is 17.5 Å². The summed E-state index contributed by atoms with van der Waals surface area (Å²) in [4.78, 5) is 23.5. The highest BCUT2D eigenvalue weighted by Gasteiger charge is 2.51. The summed E-state index contributed by atoms with van der Waals surface area (Å²) in [5.74, 6) is -2.31. The third-order valence-electron chi connectivity index (χ3n) is 4.52.